The molecule has 0 heterocycles. The highest BCUT2D eigenvalue weighted by atomic mass is 16.5. The predicted octanol–water partition coefficient (Wildman–Crippen LogP) is 4.97. The molecule has 2 atom stereocenters. The molecule has 2 nitrogen and oxygen atoms in total. The summed E-state index contributed by atoms with van der Waals surface area (Å²) in [6, 6.07) is 17.8. The maximum absolute atomic E-state index is 5.34. The molecule has 2 aromatic carbocycles. The van der Waals surface area contributed by atoms with Crippen LogP contribution in [0.15, 0.2) is 48.5 Å². The topological polar surface area (TPSA) is 21.3 Å². The SMILES string of the molecule is CCNCCCC(c1ccc(OC)cc1)C1CCc2ccccc2C1. The number of hydrogen-bond donors (Lipinski definition) is 1. The van der Waals surface area contributed by atoms with Gasteiger partial charge in [-0.2, -0.15) is 0 Å². The Labute approximate surface area is 152 Å². The lowest BCUT2D eigenvalue weighted by Gasteiger charge is -2.32. The van der Waals surface area contributed by atoms with Gasteiger partial charge in [0, 0.05) is 0 Å². The monoisotopic (exact) mass is 337 g/mol. The molecular formula is C23H31NO. The number of aryl methyl sites for hydroxylation is 1. The van der Waals surface area contributed by atoms with Gasteiger partial charge in [0.2, 0.25) is 0 Å². The van der Waals surface area contributed by atoms with Gasteiger partial charge in [-0.25, -0.2) is 0 Å². The van der Waals surface area contributed by atoms with Gasteiger partial charge < -0.3 is 10.1 Å². The summed E-state index contributed by atoms with van der Waals surface area (Å²) in [6.07, 6.45) is 6.23. The van der Waals surface area contributed by atoms with Gasteiger partial charge in [0.05, 0.1) is 7.11 Å². The molecular weight excluding hydrogens is 306 g/mol. The van der Waals surface area contributed by atoms with Crippen molar-refractivity contribution >= 4 is 0 Å². The van der Waals surface area contributed by atoms with Crippen molar-refractivity contribution in [1.82, 2.24) is 5.32 Å². The van der Waals surface area contributed by atoms with Crippen LogP contribution in [0.2, 0.25) is 0 Å². The van der Waals surface area contributed by atoms with Crippen LogP contribution in [0.1, 0.15) is 48.8 Å². The van der Waals surface area contributed by atoms with Gasteiger partial charge in [-0.15, -0.1) is 0 Å². The average molecular weight is 338 g/mol. The molecule has 0 fully saturated rings. The third-order valence-corrected chi connectivity index (χ3v) is 5.62. The number of benzene rings is 2. The molecule has 0 saturated heterocycles. The quantitative estimate of drug-likeness (QED) is 0.686. The summed E-state index contributed by atoms with van der Waals surface area (Å²) in [7, 11) is 1.74. The van der Waals surface area contributed by atoms with Crippen LogP contribution < -0.4 is 10.1 Å². The highest BCUT2D eigenvalue weighted by Gasteiger charge is 2.27. The Balaban J connectivity index is 1.75. The lowest BCUT2D eigenvalue weighted by molar-refractivity contribution is 0.351. The summed E-state index contributed by atoms with van der Waals surface area (Å²) in [5.74, 6) is 2.33. The smallest absolute Gasteiger partial charge is 0.118 e. The van der Waals surface area contributed by atoms with Crippen molar-refractivity contribution in [3.8, 4) is 5.75 Å². The summed E-state index contributed by atoms with van der Waals surface area (Å²) < 4.78 is 5.34. The van der Waals surface area contributed by atoms with E-state index in [9.17, 15) is 0 Å². The Morgan fingerprint density at radius 1 is 1.08 bits per heavy atom. The molecule has 0 radical (unpaired) electrons. The summed E-state index contributed by atoms with van der Waals surface area (Å²) >= 11 is 0. The van der Waals surface area contributed by atoms with Crippen molar-refractivity contribution in [3.05, 3.63) is 65.2 Å². The largest absolute Gasteiger partial charge is 0.497 e. The summed E-state index contributed by atoms with van der Waals surface area (Å²) in [5.41, 5.74) is 4.59. The van der Waals surface area contributed by atoms with Gasteiger partial charge in [-0.3, -0.25) is 0 Å². The second-order valence-corrected chi connectivity index (χ2v) is 7.15. The van der Waals surface area contributed by atoms with Gasteiger partial charge >= 0.3 is 0 Å². The van der Waals surface area contributed by atoms with Crippen LogP contribution >= 0.6 is 0 Å². The summed E-state index contributed by atoms with van der Waals surface area (Å²) in [4.78, 5) is 0. The Bertz CT molecular complexity index is 649. The normalized spacial score (nSPS) is 17.8. The fraction of sp³-hybridized carbons (Fsp3) is 0.478. The van der Waals surface area contributed by atoms with Crippen LogP contribution in [0.3, 0.4) is 0 Å². The summed E-state index contributed by atoms with van der Waals surface area (Å²) in [5, 5.41) is 3.47. The molecule has 2 aromatic rings. The molecule has 1 aliphatic carbocycles. The first-order valence-corrected chi connectivity index (χ1v) is 9.73. The maximum Gasteiger partial charge on any atom is 0.118 e. The summed E-state index contributed by atoms with van der Waals surface area (Å²) in [6.45, 7) is 4.36. The van der Waals surface area contributed by atoms with E-state index >= 15 is 0 Å². The van der Waals surface area contributed by atoms with E-state index in [-0.39, 0.29) is 0 Å². The lowest BCUT2D eigenvalue weighted by atomic mass is 9.73. The van der Waals surface area contributed by atoms with Crippen LogP contribution in [-0.2, 0) is 12.8 Å². The Morgan fingerprint density at radius 3 is 2.56 bits per heavy atom. The minimum atomic E-state index is 0.637. The minimum absolute atomic E-state index is 0.637. The fourth-order valence-electron chi connectivity index (χ4n) is 4.22. The molecule has 0 bridgehead atoms. The van der Waals surface area contributed by atoms with Crippen molar-refractivity contribution in [1.29, 1.82) is 0 Å². The number of nitrogens with one attached hydrogen (secondary N) is 1. The zero-order valence-electron chi connectivity index (χ0n) is 15.6. The fourth-order valence-corrected chi connectivity index (χ4v) is 4.22. The van der Waals surface area contributed by atoms with Crippen molar-refractivity contribution < 1.29 is 4.74 Å². The molecule has 1 aliphatic rings. The molecule has 0 aromatic heterocycles. The molecule has 3 rings (SSSR count). The molecule has 0 saturated carbocycles. The lowest BCUT2D eigenvalue weighted by Crippen LogP contribution is -2.23. The predicted molar refractivity (Wildman–Crippen MR) is 105 cm³/mol. The average Bonchev–Trinajstić information content (AvgIpc) is 2.68. The highest BCUT2D eigenvalue weighted by Crippen LogP contribution is 2.38. The highest BCUT2D eigenvalue weighted by molar-refractivity contribution is 5.33. The van der Waals surface area contributed by atoms with E-state index in [2.05, 4.69) is 60.8 Å². The zero-order chi connectivity index (χ0) is 17.5. The van der Waals surface area contributed by atoms with Crippen molar-refractivity contribution in [2.24, 2.45) is 5.92 Å². The maximum atomic E-state index is 5.34. The van der Waals surface area contributed by atoms with E-state index in [0.717, 1.165) is 24.8 Å². The van der Waals surface area contributed by atoms with E-state index in [1.54, 1.807) is 18.2 Å². The molecule has 2 unspecified atom stereocenters. The minimum Gasteiger partial charge on any atom is -0.497 e. The van der Waals surface area contributed by atoms with Crippen LogP contribution in [0, 0.1) is 5.92 Å². The van der Waals surface area contributed by atoms with Crippen LogP contribution in [-0.4, -0.2) is 20.2 Å². The zero-order valence-corrected chi connectivity index (χ0v) is 15.6. The van der Waals surface area contributed by atoms with Crippen molar-refractivity contribution in [2.45, 2.75) is 44.9 Å². The van der Waals surface area contributed by atoms with Gasteiger partial charge in [-0.05, 0) is 85.9 Å². The van der Waals surface area contributed by atoms with Crippen LogP contribution in [0.5, 0.6) is 5.75 Å². The number of rotatable bonds is 8. The first-order chi connectivity index (χ1) is 12.3. The first kappa shape index (κ1) is 18.0. The van der Waals surface area contributed by atoms with Gasteiger partial charge in [0.25, 0.3) is 0 Å². The van der Waals surface area contributed by atoms with Gasteiger partial charge in [-0.1, -0.05) is 43.3 Å². The molecule has 0 spiro atoms. The van der Waals surface area contributed by atoms with E-state index in [0.29, 0.717) is 5.92 Å². The van der Waals surface area contributed by atoms with Crippen LogP contribution in [0.4, 0.5) is 0 Å². The van der Waals surface area contributed by atoms with E-state index in [1.807, 2.05) is 0 Å². The number of hydrogen-bond acceptors (Lipinski definition) is 2. The second kappa shape index (κ2) is 9.05. The first-order valence-electron chi connectivity index (χ1n) is 9.73. The molecule has 134 valence electrons. The van der Waals surface area contributed by atoms with E-state index in [4.69, 9.17) is 4.74 Å². The van der Waals surface area contributed by atoms with E-state index < -0.39 is 0 Å². The molecule has 25 heavy (non-hydrogen) atoms. The van der Waals surface area contributed by atoms with Gasteiger partial charge in [0.1, 0.15) is 5.75 Å². The van der Waals surface area contributed by atoms with E-state index in [1.165, 1.54) is 37.7 Å². The third-order valence-electron chi connectivity index (χ3n) is 5.62. The van der Waals surface area contributed by atoms with Crippen molar-refractivity contribution in [2.75, 3.05) is 20.2 Å². The molecule has 2 heteroatoms. The Kier molecular flexibility index (Phi) is 6.52. The number of fused-ring (bicyclic) bond motifs is 1. The van der Waals surface area contributed by atoms with Crippen molar-refractivity contribution in [3.63, 3.8) is 0 Å². The number of ether oxygens (including phenoxy) is 1. The Morgan fingerprint density at radius 2 is 1.84 bits per heavy atom. The Hall–Kier alpha value is -1.80. The molecule has 0 aliphatic heterocycles. The molecule has 1 N–H and O–H groups in total. The number of methoxy groups -OCH3 is 1. The standard InChI is InChI=1S/C23H31NO/c1-3-24-16-6-9-23(19-12-14-22(25-2)15-13-19)21-11-10-18-7-4-5-8-20(18)17-21/h4-5,7-8,12-15,21,23-24H,3,6,9-11,16-17H2,1-2H3. The van der Waals surface area contributed by atoms with Gasteiger partial charge in [0.15, 0.2) is 0 Å². The molecule has 0 amide bonds. The second-order valence-electron chi connectivity index (χ2n) is 7.15. The van der Waals surface area contributed by atoms with Crippen LogP contribution in [0.25, 0.3) is 0 Å². The third kappa shape index (κ3) is 4.64.